The van der Waals surface area contributed by atoms with E-state index >= 15 is 0 Å². The predicted octanol–water partition coefficient (Wildman–Crippen LogP) is 4.02. The van der Waals surface area contributed by atoms with Crippen molar-refractivity contribution in [1.29, 1.82) is 0 Å². The molecule has 0 saturated heterocycles. The molecule has 0 atom stereocenters. The molecule has 0 fully saturated rings. The highest BCUT2D eigenvalue weighted by Crippen LogP contribution is 2.34. The van der Waals surface area contributed by atoms with E-state index in [1.165, 1.54) is 7.11 Å². The fourth-order valence-corrected chi connectivity index (χ4v) is 2.50. The van der Waals surface area contributed by atoms with Crippen LogP contribution in [0.4, 0.5) is 0 Å². The van der Waals surface area contributed by atoms with Gasteiger partial charge in [-0.25, -0.2) is 4.79 Å². The van der Waals surface area contributed by atoms with Crippen LogP contribution in [0.1, 0.15) is 5.56 Å². The molecular formula is C18H15NO2. The summed E-state index contributed by atoms with van der Waals surface area (Å²) in [5.74, 6) is -0.420. The van der Waals surface area contributed by atoms with Crippen LogP contribution in [-0.4, -0.2) is 18.1 Å². The minimum Gasteiger partial charge on any atom is -0.465 e. The summed E-state index contributed by atoms with van der Waals surface area (Å²) in [5.41, 5.74) is 4.01. The molecule has 3 rings (SSSR count). The van der Waals surface area contributed by atoms with E-state index in [0.717, 1.165) is 27.7 Å². The number of esters is 1. The Morgan fingerprint density at radius 1 is 1.05 bits per heavy atom. The van der Waals surface area contributed by atoms with Crippen molar-refractivity contribution in [3.05, 3.63) is 66.7 Å². The van der Waals surface area contributed by atoms with E-state index in [9.17, 15) is 4.79 Å². The van der Waals surface area contributed by atoms with E-state index in [2.05, 4.69) is 11.6 Å². The summed E-state index contributed by atoms with van der Waals surface area (Å²) in [6.45, 7) is 3.91. The summed E-state index contributed by atoms with van der Waals surface area (Å²) in [5, 5.41) is 0.965. The molecule has 21 heavy (non-hydrogen) atoms. The highest BCUT2D eigenvalue weighted by molar-refractivity contribution is 6.21. The number of rotatable bonds is 3. The molecule has 3 aromatic rings. The number of para-hydroxylation sites is 1. The zero-order valence-corrected chi connectivity index (χ0v) is 11.7. The fourth-order valence-electron chi connectivity index (χ4n) is 2.50. The highest BCUT2D eigenvalue weighted by Gasteiger charge is 2.20. The summed E-state index contributed by atoms with van der Waals surface area (Å²) in [6, 6.07) is 17.7. The first-order valence-corrected chi connectivity index (χ1v) is 6.66. The van der Waals surface area contributed by atoms with Crippen LogP contribution in [0, 0.1) is 0 Å². The quantitative estimate of drug-likeness (QED) is 0.580. The lowest BCUT2D eigenvalue weighted by Gasteiger charge is -2.07. The van der Waals surface area contributed by atoms with E-state index in [4.69, 9.17) is 4.74 Å². The fraction of sp³-hybridized carbons (Fsp3) is 0.0556. The van der Waals surface area contributed by atoms with E-state index in [0.29, 0.717) is 5.57 Å². The molecule has 3 nitrogen and oxygen atoms in total. The third kappa shape index (κ3) is 2.23. The molecule has 0 bridgehead atoms. The molecule has 0 saturated carbocycles. The van der Waals surface area contributed by atoms with Gasteiger partial charge in [-0.3, -0.25) is 0 Å². The first kappa shape index (κ1) is 13.2. The lowest BCUT2D eigenvalue weighted by Crippen LogP contribution is -2.03. The summed E-state index contributed by atoms with van der Waals surface area (Å²) in [7, 11) is 1.37. The Kier molecular flexibility index (Phi) is 3.32. The number of aromatic amines is 1. The molecule has 3 heteroatoms. The molecule has 0 aliphatic heterocycles. The van der Waals surface area contributed by atoms with Crippen LogP contribution in [0.25, 0.3) is 27.7 Å². The van der Waals surface area contributed by atoms with Gasteiger partial charge in [-0.05, 0) is 11.6 Å². The Balaban J connectivity index is 2.29. The van der Waals surface area contributed by atoms with E-state index in [1.54, 1.807) is 0 Å². The van der Waals surface area contributed by atoms with Gasteiger partial charge >= 0.3 is 5.97 Å². The number of nitrogens with one attached hydrogen (secondary N) is 1. The van der Waals surface area contributed by atoms with E-state index < -0.39 is 5.97 Å². The summed E-state index contributed by atoms with van der Waals surface area (Å²) >= 11 is 0. The second kappa shape index (κ2) is 5.29. The van der Waals surface area contributed by atoms with Crippen LogP contribution < -0.4 is 0 Å². The number of fused-ring (bicyclic) bond motifs is 1. The summed E-state index contributed by atoms with van der Waals surface area (Å²) in [6.07, 6.45) is 0. The number of aromatic nitrogens is 1. The van der Waals surface area contributed by atoms with Crippen molar-refractivity contribution in [3.8, 4) is 11.3 Å². The average Bonchev–Trinajstić information content (AvgIpc) is 2.93. The van der Waals surface area contributed by atoms with Crippen LogP contribution >= 0.6 is 0 Å². The molecule has 2 aromatic carbocycles. The molecular weight excluding hydrogens is 262 g/mol. The first-order valence-electron chi connectivity index (χ1n) is 6.66. The topological polar surface area (TPSA) is 42.1 Å². The standard InChI is InChI=1S/C18H15NO2/c1-12(18(20)21-2)16-14-10-6-7-11-15(14)19-17(16)13-8-4-3-5-9-13/h3-11,19H,1H2,2H3. The molecule has 0 aliphatic rings. The van der Waals surface area contributed by atoms with E-state index in [1.807, 2.05) is 54.6 Å². The number of carbonyl (C=O) groups excluding carboxylic acids is 1. The SMILES string of the molecule is C=C(C(=O)OC)c1c(-c2ccccc2)[nH]c2ccccc12. The average molecular weight is 277 g/mol. The van der Waals surface area contributed by atoms with Crippen molar-refractivity contribution < 1.29 is 9.53 Å². The maximum Gasteiger partial charge on any atom is 0.337 e. The Morgan fingerprint density at radius 2 is 1.71 bits per heavy atom. The smallest absolute Gasteiger partial charge is 0.337 e. The summed E-state index contributed by atoms with van der Waals surface area (Å²) < 4.78 is 4.82. The van der Waals surface area contributed by atoms with Gasteiger partial charge in [0.25, 0.3) is 0 Å². The Labute approximate surface area is 122 Å². The Hall–Kier alpha value is -2.81. The molecule has 1 heterocycles. The molecule has 0 unspecified atom stereocenters. The van der Waals surface area contributed by atoms with Gasteiger partial charge < -0.3 is 9.72 Å². The van der Waals surface area contributed by atoms with Crippen molar-refractivity contribution in [1.82, 2.24) is 4.98 Å². The number of hydrogen-bond donors (Lipinski definition) is 1. The van der Waals surface area contributed by atoms with Gasteiger partial charge in [0.15, 0.2) is 0 Å². The molecule has 104 valence electrons. The first-order chi connectivity index (χ1) is 10.2. The van der Waals surface area contributed by atoms with Gasteiger partial charge in [-0.1, -0.05) is 55.1 Å². The molecule has 0 radical (unpaired) electrons. The second-order valence-electron chi connectivity index (χ2n) is 4.76. The third-order valence-electron chi connectivity index (χ3n) is 3.50. The number of benzene rings is 2. The third-order valence-corrected chi connectivity index (χ3v) is 3.50. The van der Waals surface area contributed by atoms with Gasteiger partial charge in [0.05, 0.1) is 18.4 Å². The number of hydrogen-bond acceptors (Lipinski definition) is 2. The maximum absolute atomic E-state index is 11.9. The molecule has 1 N–H and O–H groups in total. The van der Waals surface area contributed by atoms with Crippen molar-refractivity contribution >= 4 is 22.4 Å². The second-order valence-corrected chi connectivity index (χ2v) is 4.76. The highest BCUT2D eigenvalue weighted by atomic mass is 16.5. The molecule has 1 aromatic heterocycles. The Bertz CT molecular complexity index is 816. The number of carbonyl (C=O) groups is 1. The normalized spacial score (nSPS) is 10.5. The molecule has 0 aliphatic carbocycles. The number of H-pyrrole nitrogens is 1. The number of methoxy groups -OCH3 is 1. The van der Waals surface area contributed by atoms with Gasteiger partial charge in [-0.2, -0.15) is 0 Å². The van der Waals surface area contributed by atoms with Crippen LogP contribution in [0.15, 0.2) is 61.2 Å². The van der Waals surface area contributed by atoms with E-state index in [-0.39, 0.29) is 0 Å². The number of ether oxygens (including phenoxy) is 1. The summed E-state index contributed by atoms with van der Waals surface area (Å²) in [4.78, 5) is 15.3. The van der Waals surface area contributed by atoms with Crippen LogP contribution in [0.2, 0.25) is 0 Å². The lowest BCUT2D eigenvalue weighted by atomic mass is 9.99. The maximum atomic E-state index is 11.9. The van der Waals surface area contributed by atoms with Crippen LogP contribution in [0.3, 0.4) is 0 Å². The minimum absolute atomic E-state index is 0.355. The lowest BCUT2D eigenvalue weighted by molar-refractivity contribution is -0.133. The monoisotopic (exact) mass is 277 g/mol. The van der Waals surface area contributed by atoms with Gasteiger partial charge in [0, 0.05) is 16.5 Å². The van der Waals surface area contributed by atoms with Gasteiger partial charge in [0.2, 0.25) is 0 Å². The van der Waals surface area contributed by atoms with Crippen molar-refractivity contribution in [3.63, 3.8) is 0 Å². The minimum atomic E-state index is -0.420. The molecule has 0 spiro atoms. The zero-order valence-electron chi connectivity index (χ0n) is 11.7. The molecule has 0 amide bonds. The largest absolute Gasteiger partial charge is 0.465 e. The van der Waals surface area contributed by atoms with Crippen LogP contribution in [0.5, 0.6) is 0 Å². The van der Waals surface area contributed by atoms with Gasteiger partial charge in [0.1, 0.15) is 0 Å². The predicted molar refractivity (Wildman–Crippen MR) is 84.8 cm³/mol. The van der Waals surface area contributed by atoms with Crippen LogP contribution in [-0.2, 0) is 9.53 Å². The zero-order chi connectivity index (χ0) is 14.8. The van der Waals surface area contributed by atoms with Crippen molar-refractivity contribution in [2.75, 3.05) is 7.11 Å². The van der Waals surface area contributed by atoms with Gasteiger partial charge in [-0.15, -0.1) is 0 Å². The van der Waals surface area contributed by atoms with Crippen molar-refractivity contribution in [2.24, 2.45) is 0 Å². The Morgan fingerprint density at radius 3 is 2.43 bits per heavy atom. The van der Waals surface area contributed by atoms with Crippen molar-refractivity contribution in [2.45, 2.75) is 0 Å².